The van der Waals surface area contributed by atoms with Crippen LogP contribution in [0.1, 0.15) is 29.2 Å². The lowest BCUT2D eigenvalue weighted by molar-refractivity contribution is -0.120. The molecule has 3 rings (SSSR count). The van der Waals surface area contributed by atoms with E-state index in [0.29, 0.717) is 12.3 Å². The highest BCUT2D eigenvalue weighted by Crippen LogP contribution is 2.35. The Bertz CT molecular complexity index is 966. The van der Waals surface area contributed by atoms with E-state index < -0.39 is 5.25 Å². The van der Waals surface area contributed by atoms with Crippen molar-refractivity contribution in [3.63, 3.8) is 0 Å². The lowest BCUT2D eigenvalue weighted by atomic mass is 10.1. The molecule has 0 aliphatic carbocycles. The summed E-state index contributed by atoms with van der Waals surface area (Å²) in [7, 11) is 0. The van der Waals surface area contributed by atoms with Crippen LogP contribution in [0.5, 0.6) is 0 Å². The number of nitrogens with zero attached hydrogens (tertiary/aromatic N) is 1. The molecule has 0 spiro atoms. The summed E-state index contributed by atoms with van der Waals surface area (Å²) in [5, 5.41) is 4.07. The molecule has 0 radical (unpaired) electrons. The average Bonchev–Trinajstić information content (AvgIpc) is 2.79. The van der Waals surface area contributed by atoms with Crippen LogP contribution in [0.2, 0.25) is 0 Å². The zero-order valence-electron chi connectivity index (χ0n) is 16.3. The van der Waals surface area contributed by atoms with Crippen molar-refractivity contribution in [2.24, 2.45) is 5.10 Å². The fourth-order valence-corrected chi connectivity index (χ4v) is 4.30. The first-order valence-electron chi connectivity index (χ1n) is 9.62. The Balaban J connectivity index is 1.82. The van der Waals surface area contributed by atoms with Gasteiger partial charge in [-0.25, -0.2) is 5.43 Å². The van der Waals surface area contributed by atoms with Crippen LogP contribution in [0, 0.1) is 0 Å². The predicted octanol–water partition coefficient (Wildman–Crippen LogP) is 6.82. The Labute approximate surface area is 195 Å². The molecule has 0 fully saturated rings. The highest BCUT2D eigenvalue weighted by Gasteiger charge is 2.22. The molecule has 3 aromatic rings. The number of rotatable bonds is 9. The Hall–Kier alpha value is -2.08. The number of halogens is 2. The molecule has 0 heterocycles. The predicted molar refractivity (Wildman–Crippen MR) is 130 cm³/mol. The van der Waals surface area contributed by atoms with E-state index in [-0.39, 0.29) is 5.91 Å². The summed E-state index contributed by atoms with van der Waals surface area (Å²) in [6.45, 7) is 0. The molecule has 6 heteroatoms. The first-order valence-corrected chi connectivity index (χ1v) is 11.8. The summed E-state index contributed by atoms with van der Waals surface area (Å²) in [6, 6.07) is 27.6. The van der Waals surface area contributed by atoms with Crippen LogP contribution in [0.15, 0.2) is 99.4 Å². The molecule has 3 nitrogen and oxygen atoms in total. The molecular weight excluding hydrogens is 480 g/mol. The number of nitrogens with one attached hydrogen (secondary N) is 1. The van der Waals surface area contributed by atoms with Gasteiger partial charge in [0.25, 0.3) is 5.91 Å². The topological polar surface area (TPSA) is 41.5 Å². The first kappa shape index (κ1) is 22.6. The Morgan fingerprint density at radius 3 is 2.23 bits per heavy atom. The SMILES string of the molecule is O=C(NN=C(CCCCl)c1ccc(Br)cc1)C(Sc1ccccc1)c1ccccc1. The molecule has 0 aliphatic rings. The van der Waals surface area contributed by atoms with Gasteiger partial charge in [0.2, 0.25) is 0 Å². The van der Waals surface area contributed by atoms with E-state index in [1.165, 1.54) is 11.8 Å². The summed E-state index contributed by atoms with van der Waals surface area (Å²) < 4.78 is 0.996. The monoisotopic (exact) mass is 500 g/mol. The van der Waals surface area contributed by atoms with Gasteiger partial charge >= 0.3 is 0 Å². The van der Waals surface area contributed by atoms with Crippen LogP contribution in [-0.2, 0) is 4.79 Å². The lowest BCUT2D eigenvalue weighted by Gasteiger charge is -2.16. The van der Waals surface area contributed by atoms with E-state index >= 15 is 0 Å². The molecule has 0 saturated carbocycles. The van der Waals surface area contributed by atoms with E-state index in [2.05, 4.69) is 26.5 Å². The third-order valence-corrected chi connectivity index (χ3v) is 6.43. The van der Waals surface area contributed by atoms with Crippen molar-refractivity contribution in [2.75, 3.05) is 5.88 Å². The average molecular weight is 502 g/mol. The largest absolute Gasteiger partial charge is 0.271 e. The van der Waals surface area contributed by atoms with Gasteiger partial charge in [-0.2, -0.15) is 5.10 Å². The van der Waals surface area contributed by atoms with Crippen molar-refractivity contribution >= 4 is 50.9 Å². The molecule has 1 unspecified atom stereocenters. The number of carbonyl (C=O) groups is 1. The minimum atomic E-state index is -0.406. The van der Waals surface area contributed by atoms with Crippen LogP contribution in [-0.4, -0.2) is 17.5 Å². The number of hydrogen-bond donors (Lipinski definition) is 1. The number of hydrazone groups is 1. The van der Waals surface area contributed by atoms with Gasteiger partial charge in [0.15, 0.2) is 0 Å². The van der Waals surface area contributed by atoms with Crippen LogP contribution in [0.4, 0.5) is 0 Å². The highest BCUT2D eigenvalue weighted by molar-refractivity contribution is 9.10. The van der Waals surface area contributed by atoms with Crippen molar-refractivity contribution < 1.29 is 4.79 Å². The standard InChI is InChI=1S/C24H22BrClN2OS/c25-20-15-13-18(14-16-20)22(12-7-17-26)27-28-24(29)23(19-8-3-1-4-9-19)30-21-10-5-2-6-11-21/h1-6,8-11,13-16,23H,7,12,17H2,(H,28,29). The molecule has 1 amide bonds. The second-order valence-electron chi connectivity index (χ2n) is 6.56. The van der Waals surface area contributed by atoms with Gasteiger partial charge in [0.1, 0.15) is 5.25 Å². The maximum Gasteiger partial charge on any atom is 0.258 e. The quantitative estimate of drug-likeness (QED) is 0.151. The van der Waals surface area contributed by atoms with E-state index in [0.717, 1.165) is 32.6 Å². The van der Waals surface area contributed by atoms with Gasteiger partial charge in [-0.1, -0.05) is 76.6 Å². The van der Waals surface area contributed by atoms with Crippen molar-refractivity contribution in [2.45, 2.75) is 23.0 Å². The second kappa shape index (κ2) is 11.9. The second-order valence-corrected chi connectivity index (χ2v) is 9.03. The summed E-state index contributed by atoms with van der Waals surface area (Å²) >= 11 is 10.8. The van der Waals surface area contributed by atoms with Crippen molar-refractivity contribution in [1.82, 2.24) is 5.43 Å². The fourth-order valence-electron chi connectivity index (χ4n) is 2.86. The number of thioether (sulfide) groups is 1. The summed E-state index contributed by atoms with van der Waals surface area (Å²) in [4.78, 5) is 14.2. The van der Waals surface area contributed by atoms with Crippen LogP contribution in [0.3, 0.4) is 0 Å². The van der Waals surface area contributed by atoms with Crippen LogP contribution >= 0.6 is 39.3 Å². The first-order chi connectivity index (χ1) is 14.7. The third-order valence-electron chi connectivity index (χ3n) is 4.36. The maximum atomic E-state index is 13.1. The van der Waals surface area contributed by atoms with E-state index in [1.54, 1.807) is 0 Å². The van der Waals surface area contributed by atoms with Gasteiger partial charge in [0, 0.05) is 15.2 Å². The highest BCUT2D eigenvalue weighted by atomic mass is 79.9. The molecule has 154 valence electrons. The van der Waals surface area contributed by atoms with Crippen molar-refractivity contribution in [1.29, 1.82) is 0 Å². The molecule has 0 aromatic heterocycles. The normalized spacial score (nSPS) is 12.4. The zero-order chi connectivity index (χ0) is 21.2. The Morgan fingerprint density at radius 2 is 1.60 bits per heavy atom. The van der Waals surface area contributed by atoms with Gasteiger partial charge in [-0.15, -0.1) is 23.4 Å². The molecule has 0 bridgehead atoms. The number of hydrogen-bond acceptors (Lipinski definition) is 3. The van der Waals surface area contributed by atoms with Crippen molar-refractivity contribution in [3.8, 4) is 0 Å². The van der Waals surface area contributed by atoms with Gasteiger partial charge in [-0.05, 0) is 48.2 Å². The zero-order valence-corrected chi connectivity index (χ0v) is 19.5. The molecule has 0 aliphatic heterocycles. The van der Waals surface area contributed by atoms with Gasteiger partial charge < -0.3 is 0 Å². The van der Waals surface area contributed by atoms with E-state index in [4.69, 9.17) is 11.6 Å². The van der Waals surface area contributed by atoms with Crippen LogP contribution < -0.4 is 5.43 Å². The fraction of sp³-hybridized carbons (Fsp3) is 0.167. The third kappa shape index (κ3) is 6.73. The molecule has 3 aromatic carbocycles. The molecule has 1 atom stereocenters. The molecule has 30 heavy (non-hydrogen) atoms. The Morgan fingerprint density at radius 1 is 0.967 bits per heavy atom. The van der Waals surface area contributed by atoms with Crippen LogP contribution in [0.25, 0.3) is 0 Å². The minimum Gasteiger partial charge on any atom is -0.271 e. The number of carbonyl (C=O) groups excluding carboxylic acids is 1. The Kier molecular flexibility index (Phi) is 9.00. The number of benzene rings is 3. The number of amides is 1. The summed E-state index contributed by atoms with van der Waals surface area (Å²) in [6.07, 6.45) is 1.47. The number of alkyl halides is 1. The van der Waals surface area contributed by atoms with E-state index in [9.17, 15) is 4.79 Å². The van der Waals surface area contributed by atoms with E-state index in [1.807, 2.05) is 84.9 Å². The smallest absolute Gasteiger partial charge is 0.258 e. The lowest BCUT2D eigenvalue weighted by Crippen LogP contribution is -2.25. The maximum absolute atomic E-state index is 13.1. The summed E-state index contributed by atoms with van der Waals surface area (Å²) in [5.41, 5.74) is 5.51. The van der Waals surface area contributed by atoms with Gasteiger partial charge in [0.05, 0.1) is 5.71 Å². The van der Waals surface area contributed by atoms with Gasteiger partial charge in [-0.3, -0.25) is 4.79 Å². The minimum absolute atomic E-state index is 0.157. The van der Waals surface area contributed by atoms with Crippen molar-refractivity contribution in [3.05, 3.63) is 101 Å². The molecule has 1 N–H and O–H groups in total. The molecular formula is C24H22BrClN2OS. The summed E-state index contributed by atoms with van der Waals surface area (Å²) in [5.74, 6) is 0.385. The molecule has 0 saturated heterocycles.